The number of ether oxygens (including phenoxy) is 1. The minimum atomic E-state index is 0.633. The summed E-state index contributed by atoms with van der Waals surface area (Å²) in [5, 5.41) is 1.05. The van der Waals surface area contributed by atoms with Gasteiger partial charge in [0.25, 0.3) is 0 Å². The zero-order valence-electron chi connectivity index (χ0n) is 8.92. The summed E-state index contributed by atoms with van der Waals surface area (Å²) in [7, 11) is 0. The van der Waals surface area contributed by atoms with Crippen molar-refractivity contribution in [1.29, 1.82) is 0 Å². The van der Waals surface area contributed by atoms with E-state index in [0.717, 1.165) is 23.9 Å². The summed E-state index contributed by atoms with van der Waals surface area (Å²) < 4.78 is 5.56. The first-order valence-electron chi connectivity index (χ1n) is 5.23. The maximum atomic E-state index is 5.56. The Labute approximate surface area is 100 Å². The molecule has 82 valence electrons. The molecule has 0 aromatic heterocycles. The van der Waals surface area contributed by atoms with Gasteiger partial charge in [-0.2, -0.15) is 0 Å². The second-order valence-electron chi connectivity index (χ2n) is 3.46. The van der Waals surface area contributed by atoms with Crippen LogP contribution in [0.25, 0.3) is 0 Å². The maximum Gasteiger partial charge on any atom is 0.113 e. The van der Waals surface area contributed by atoms with E-state index in [1.165, 1.54) is 12.0 Å². The number of rotatable bonds is 7. The Hall–Kier alpha value is -0.760. The highest BCUT2D eigenvalue weighted by molar-refractivity contribution is 9.09. The SMILES string of the molecule is C=C(CCCCBr)OCc1ccccc1. The van der Waals surface area contributed by atoms with Gasteiger partial charge in [-0.15, -0.1) is 0 Å². The summed E-state index contributed by atoms with van der Waals surface area (Å²) >= 11 is 3.40. The molecule has 0 aliphatic heterocycles. The van der Waals surface area contributed by atoms with Crippen molar-refractivity contribution < 1.29 is 4.74 Å². The van der Waals surface area contributed by atoms with Crippen molar-refractivity contribution in [3.05, 3.63) is 48.2 Å². The second kappa shape index (κ2) is 7.52. The molecule has 0 spiro atoms. The fourth-order valence-corrected chi connectivity index (χ4v) is 1.64. The molecule has 0 fully saturated rings. The number of halogens is 1. The number of hydrogen-bond donors (Lipinski definition) is 0. The standard InChI is InChI=1S/C13H17BrO/c1-12(7-5-6-10-14)15-11-13-8-3-2-4-9-13/h2-4,8-9H,1,5-7,10-11H2. The van der Waals surface area contributed by atoms with Gasteiger partial charge in [0, 0.05) is 11.8 Å². The maximum absolute atomic E-state index is 5.56. The van der Waals surface area contributed by atoms with Gasteiger partial charge in [0.05, 0.1) is 5.76 Å². The first kappa shape index (κ1) is 12.3. The Morgan fingerprint density at radius 1 is 1.20 bits per heavy atom. The van der Waals surface area contributed by atoms with Crippen molar-refractivity contribution in [2.75, 3.05) is 5.33 Å². The fraction of sp³-hybridized carbons (Fsp3) is 0.385. The van der Waals surface area contributed by atoms with Crippen molar-refractivity contribution in [1.82, 2.24) is 0 Å². The van der Waals surface area contributed by atoms with Crippen LogP contribution < -0.4 is 0 Å². The molecule has 1 nitrogen and oxygen atoms in total. The minimum Gasteiger partial charge on any atom is -0.494 e. The zero-order valence-corrected chi connectivity index (χ0v) is 10.5. The van der Waals surface area contributed by atoms with Crippen LogP contribution in [-0.4, -0.2) is 5.33 Å². The van der Waals surface area contributed by atoms with Crippen LogP contribution in [0, 0.1) is 0 Å². The summed E-state index contributed by atoms with van der Waals surface area (Å²) in [5.74, 6) is 0.889. The zero-order chi connectivity index (χ0) is 10.9. The summed E-state index contributed by atoms with van der Waals surface area (Å²) in [6.07, 6.45) is 3.27. The molecule has 1 aromatic rings. The van der Waals surface area contributed by atoms with E-state index in [0.29, 0.717) is 6.61 Å². The Kier molecular flexibility index (Phi) is 6.17. The molecule has 0 heterocycles. The highest BCUT2D eigenvalue weighted by atomic mass is 79.9. The van der Waals surface area contributed by atoms with Crippen LogP contribution in [0.1, 0.15) is 24.8 Å². The van der Waals surface area contributed by atoms with Gasteiger partial charge < -0.3 is 4.74 Å². The van der Waals surface area contributed by atoms with Gasteiger partial charge >= 0.3 is 0 Å². The van der Waals surface area contributed by atoms with Crippen molar-refractivity contribution >= 4 is 15.9 Å². The van der Waals surface area contributed by atoms with E-state index in [-0.39, 0.29) is 0 Å². The molecule has 0 saturated heterocycles. The number of alkyl halides is 1. The molecule has 1 aromatic carbocycles. The monoisotopic (exact) mass is 268 g/mol. The van der Waals surface area contributed by atoms with Gasteiger partial charge in [-0.05, 0) is 18.4 Å². The predicted octanol–water partition coefficient (Wildman–Crippen LogP) is 4.28. The Balaban J connectivity index is 2.17. The van der Waals surface area contributed by atoms with Gasteiger partial charge in [-0.25, -0.2) is 0 Å². The number of benzene rings is 1. The van der Waals surface area contributed by atoms with Crippen LogP contribution in [0.5, 0.6) is 0 Å². The Morgan fingerprint density at radius 2 is 1.93 bits per heavy atom. The molecule has 0 unspecified atom stereocenters. The average Bonchev–Trinajstić information content (AvgIpc) is 2.28. The lowest BCUT2D eigenvalue weighted by Gasteiger charge is -2.08. The normalized spacial score (nSPS) is 9.93. The summed E-state index contributed by atoms with van der Waals surface area (Å²) in [6, 6.07) is 10.2. The Morgan fingerprint density at radius 3 is 2.60 bits per heavy atom. The third-order valence-corrected chi connectivity index (χ3v) is 2.69. The highest BCUT2D eigenvalue weighted by Gasteiger charge is 1.96. The van der Waals surface area contributed by atoms with Crippen molar-refractivity contribution in [2.24, 2.45) is 0 Å². The van der Waals surface area contributed by atoms with E-state index in [2.05, 4.69) is 34.6 Å². The van der Waals surface area contributed by atoms with Gasteiger partial charge in [-0.1, -0.05) is 52.8 Å². The first-order valence-corrected chi connectivity index (χ1v) is 6.35. The number of hydrogen-bond acceptors (Lipinski definition) is 1. The van der Waals surface area contributed by atoms with E-state index >= 15 is 0 Å². The van der Waals surface area contributed by atoms with Crippen LogP contribution in [0.4, 0.5) is 0 Å². The lowest BCUT2D eigenvalue weighted by atomic mass is 10.2. The van der Waals surface area contributed by atoms with Crippen LogP contribution in [0.15, 0.2) is 42.7 Å². The highest BCUT2D eigenvalue weighted by Crippen LogP contribution is 2.10. The largest absolute Gasteiger partial charge is 0.494 e. The lowest BCUT2D eigenvalue weighted by molar-refractivity contribution is 0.189. The van der Waals surface area contributed by atoms with E-state index in [1.54, 1.807) is 0 Å². The van der Waals surface area contributed by atoms with Crippen molar-refractivity contribution in [2.45, 2.75) is 25.9 Å². The van der Waals surface area contributed by atoms with Gasteiger partial charge in [-0.3, -0.25) is 0 Å². The second-order valence-corrected chi connectivity index (χ2v) is 4.25. The summed E-state index contributed by atoms with van der Waals surface area (Å²) in [5.41, 5.74) is 1.19. The van der Waals surface area contributed by atoms with Crippen LogP contribution in [0.3, 0.4) is 0 Å². The van der Waals surface area contributed by atoms with Gasteiger partial charge in [0.1, 0.15) is 6.61 Å². The quantitative estimate of drug-likeness (QED) is 0.408. The molecular weight excluding hydrogens is 252 g/mol. The molecule has 0 saturated carbocycles. The first-order chi connectivity index (χ1) is 7.33. The predicted molar refractivity (Wildman–Crippen MR) is 68.0 cm³/mol. The smallest absolute Gasteiger partial charge is 0.113 e. The molecule has 1 rings (SSSR count). The minimum absolute atomic E-state index is 0.633. The summed E-state index contributed by atoms with van der Waals surface area (Å²) in [6.45, 7) is 4.54. The Bertz CT molecular complexity index is 282. The van der Waals surface area contributed by atoms with Crippen molar-refractivity contribution in [3.63, 3.8) is 0 Å². The molecule has 0 aliphatic carbocycles. The number of allylic oxidation sites excluding steroid dienone is 1. The van der Waals surface area contributed by atoms with E-state index in [1.807, 2.05) is 18.2 Å². The molecule has 0 bridgehead atoms. The van der Waals surface area contributed by atoms with Gasteiger partial charge in [0.2, 0.25) is 0 Å². The third-order valence-electron chi connectivity index (χ3n) is 2.13. The molecule has 0 aliphatic rings. The third kappa shape index (κ3) is 5.63. The molecule has 0 N–H and O–H groups in total. The van der Waals surface area contributed by atoms with E-state index in [9.17, 15) is 0 Å². The van der Waals surface area contributed by atoms with E-state index < -0.39 is 0 Å². The molecule has 0 atom stereocenters. The van der Waals surface area contributed by atoms with Crippen LogP contribution in [-0.2, 0) is 11.3 Å². The molecular formula is C13H17BrO. The van der Waals surface area contributed by atoms with Crippen molar-refractivity contribution in [3.8, 4) is 0 Å². The number of unbranched alkanes of at least 4 members (excludes halogenated alkanes) is 1. The molecule has 2 heteroatoms. The fourth-order valence-electron chi connectivity index (χ4n) is 1.25. The average molecular weight is 269 g/mol. The topological polar surface area (TPSA) is 9.23 Å². The lowest BCUT2D eigenvalue weighted by Crippen LogP contribution is -1.93. The van der Waals surface area contributed by atoms with Crippen LogP contribution >= 0.6 is 15.9 Å². The molecule has 0 radical (unpaired) electrons. The summed E-state index contributed by atoms with van der Waals surface area (Å²) in [4.78, 5) is 0. The van der Waals surface area contributed by atoms with E-state index in [4.69, 9.17) is 4.74 Å². The van der Waals surface area contributed by atoms with Gasteiger partial charge in [0.15, 0.2) is 0 Å². The molecule has 15 heavy (non-hydrogen) atoms. The molecule has 0 amide bonds. The van der Waals surface area contributed by atoms with Crippen LogP contribution in [0.2, 0.25) is 0 Å².